The van der Waals surface area contributed by atoms with Crippen molar-refractivity contribution in [3.8, 4) is 22.6 Å². The molecule has 0 fully saturated rings. The van der Waals surface area contributed by atoms with Crippen molar-refractivity contribution in [2.24, 2.45) is 29.0 Å². The van der Waals surface area contributed by atoms with E-state index in [2.05, 4.69) is 12.2 Å². The fraction of sp³-hybridized carbons (Fsp3) is 0.614. The Labute approximate surface area is 334 Å². The molecule has 1 heterocycles. The molecule has 0 saturated heterocycles. The molecule has 12 nitrogen and oxygen atoms in total. The van der Waals surface area contributed by atoms with Gasteiger partial charge in [-0.25, -0.2) is 0 Å². The number of carbonyl (C=O) groups excluding carboxylic acids is 5. The van der Waals surface area contributed by atoms with E-state index in [-0.39, 0.29) is 81.8 Å². The first-order valence-corrected chi connectivity index (χ1v) is 20.7. The molecule has 0 radical (unpaired) electrons. The number of ether oxygens (including phenoxy) is 2. The molecule has 3 rings (SSSR count). The maximum Gasteiger partial charge on any atom is 0.226 e. The largest absolute Gasteiger partial charge is 0.492 e. The SMILES string of the molecule is CCCCCCCCCCCC(=O)C[C@@H](CCN)C(=O)N(C)[C@@H]1C(=O)C[C@@H](C)C(=O)N[C@H](C(C)=O)Cc2ccc(OCCN)c(c2)-c2cc1ccc2OCCN. The van der Waals surface area contributed by atoms with E-state index in [1.165, 1.54) is 50.3 Å². The Morgan fingerprint density at radius 2 is 1.41 bits per heavy atom. The van der Waals surface area contributed by atoms with Crippen LogP contribution in [0.15, 0.2) is 36.4 Å². The van der Waals surface area contributed by atoms with Gasteiger partial charge in [-0.05, 0) is 68.1 Å². The van der Waals surface area contributed by atoms with Crippen LogP contribution in [0.1, 0.15) is 121 Å². The summed E-state index contributed by atoms with van der Waals surface area (Å²) in [7, 11) is 1.56. The standard InChI is InChI=1S/C44H67N5O7/c1-5-6-7-8-9-10-11-12-13-14-35(51)28-34(19-20-45)44(54)49(4)42-33-16-18-41(56-24-22-47)37(29-33)36-26-32(15-17-40(36)55-23-21-46)27-38(31(3)50)48-43(53)30(2)25-39(42)52/h15-18,26,29-30,34,38,42H,5-14,19-25,27-28,45-47H2,1-4H3,(H,48,53)/t30-,34-,38+,42+/m1/s1. The van der Waals surface area contributed by atoms with Crippen LogP contribution in [0.3, 0.4) is 0 Å². The van der Waals surface area contributed by atoms with E-state index >= 15 is 0 Å². The van der Waals surface area contributed by atoms with Crippen LogP contribution >= 0.6 is 0 Å². The van der Waals surface area contributed by atoms with Gasteiger partial charge < -0.3 is 36.9 Å². The number of hydrogen-bond acceptors (Lipinski definition) is 10. The second-order valence-corrected chi connectivity index (χ2v) is 15.3. The zero-order valence-corrected chi connectivity index (χ0v) is 34.2. The van der Waals surface area contributed by atoms with Crippen molar-refractivity contribution < 1.29 is 33.4 Å². The second kappa shape index (κ2) is 24.5. The molecule has 1 aliphatic rings. The Bertz CT molecular complexity index is 1600. The number of nitrogens with two attached hydrogens (primary N) is 3. The van der Waals surface area contributed by atoms with Gasteiger partial charge in [0, 0.05) is 62.4 Å². The number of Topliss-reactive ketones (excluding diaryl/α,β-unsaturated/α-hetero) is 3. The van der Waals surface area contributed by atoms with Crippen molar-refractivity contribution in [2.45, 2.75) is 123 Å². The van der Waals surface area contributed by atoms with Crippen LogP contribution in [0, 0.1) is 11.8 Å². The van der Waals surface area contributed by atoms with Gasteiger partial charge in [-0.3, -0.25) is 24.0 Å². The zero-order chi connectivity index (χ0) is 41.0. The molecule has 0 unspecified atom stereocenters. The van der Waals surface area contributed by atoms with E-state index in [0.717, 1.165) is 24.8 Å². The highest BCUT2D eigenvalue weighted by Crippen LogP contribution is 2.41. The average molecular weight is 778 g/mol. The lowest BCUT2D eigenvalue weighted by molar-refractivity contribution is -0.143. The normalized spacial score (nSPS) is 17.7. The molecular weight excluding hydrogens is 711 g/mol. The van der Waals surface area contributed by atoms with Gasteiger partial charge >= 0.3 is 0 Å². The topological polar surface area (TPSA) is 197 Å². The Kier molecular flexibility index (Phi) is 20.2. The lowest BCUT2D eigenvalue weighted by Gasteiger charge is -2.32. The van der Waals surface area contributed by atoms with Crippen molar-refractivity contribution in [1.29, 1.82) is 0 Å². The molecule has 12 heteroatoms. The summed E-state index contributed by atoms with van der Waals surface area (Å²) in [6.45, 7) is 6.43. The Balaban J connectivity index is 2.02. The van der Waals surface area contributed by atoms with Gasteiger partial charge in [0.15, 0.2) is 11.6 Å². The highest BCUT2D eigenvalue weighted by atomic mass is 16.5. The molecule has 0 spiro atoms. The lowest BCUT2D eigenvalue weighted by Crippen LogP contribution is -2.45. The van der Waals surface area contributed by atoms with Crippen molar-refractivity contribution in [3.63, 3.8) is 0 Å². The number of carbonyl (C=O) groups is 5. The highest BCUT2D eigenvalue weighted by Gasteiger charge is 2.35. The van der Waals surface area contributed by atoms with Crippen LogP contribution in [0.25, 0.3) is 11.1 Å². The number of amides is 2. The molecule has 2 aromatic rings. The molecule has 0 aliphatic carbocycles. The Morgan fingerprint density at radius 3 is 2.00 bits per heavy atom. The smallest absolute Gasteiger partial charge is 0.226 e. The van der Waals surface area contributed by atoms with Crippen LogP contribution in [-0.2, 0) is 30.4 Å². The van der Waals surface area contributed by atoms with E-state index in [4.69, 9.17) is 26.7 Å². The number of benzene rings is 2. The number of nitrogens with zero attached hydrogens (tertiary/aromatic N) is 1. The first-order chi connectivity index (χ1) is 26.9. The monoisotopic (exact) mass is 778 g/mol. The summed E-state index contributed by atoms with van der Waals surface area (Å²) in [6.07, 6.45) is 11.0. The minimum absolute atomic E-state index is 0.00406. The lowest BCUT2D eigenvalue weighted by atomic mass is 9.88. The third-order valence-electron chi connectivity index (χ3n) is 10.5. The molecule has 310 valence electrons. The van der Waals surface area contributed by atoms with Crippen LogP contribution in [0.4, 0.5) is 0 Å². The minimum Gasteiger partial charge on any atom is -0.492 e. The number of hydrogen-bond donors (Lipinski definition) is 4. The Morgan fingerprint density at radius 1 is 0.821 bits per heavy atom. The number of fused-ring (bicyclic) bond motifs is 5. The van der Waals surface area contributed by atoms with Crippen molar-refractivity contribution in [1.82, 2.24) is 10.2 Å². The predicted octanol–water partition coefficient (Wildman–Crippen LogP) is 5.60. The van der Waals surface area contributed by atoms with Crippen LogP contribution in [0.2, 0.25) is 0 Å². The van der Waals surface area contributed by atoms with Gasteiger partial charge in [0.1, 0.15) is 36.5 Å². The first kappa shape index (κ1) is 46.3. The summed E-state index contributed by atoms with van der Waals surface area (Å²) >= 11 is 0. The zero-order valence-electron chi connectivity index (χ0n) is 34.2. The number of unbranched alkanes of at least 4 members (excludes halogenated alkanes) is 8. The molecule has 1 aliphatic heterocycles. The summed E-state index contributed by atoms with van der Waals surface area (Å²) in [5, 5.41) is 2.85. The van der Waals surface area contributed by atoms with Crippen molar-refractivity contribution in [2.75, 3.05) is 39.9 Å². The van der Waals surface area contributed by atoms with E-state index in [1.54, 1.807) is 38.2 Å². The number of rotatable bonds is 23. The summed E-state index contributed by atoms with van der Waals surface area (Å²) in [6, 6.07) is 8.83. The fourth-order valence-electron chi connectivity index (χ4n) is 7.35. The minimum atomic E-state index is -1.11. The van der Waals surface area contributed by atoms with Gasteiger partial charge in [-0.1, -0.05) is 77.3 Å². The van der Waals surface area contributed by atoms with Gasteiger partial charge in [0.25, 0.3) is 0 Å². The molecule has 4 bridgehead atoms. The van der Waals surface area contributed by atoms with Gasteiger partial charge in [-0.15, -0.1) is 0 Å². The van der Waals surface area contributed by atoms with Crippen LogP contribution in [-0.4, -0.2) is 80.0 Å². The van der Waals surface area contributed by atoms with Gasteiger partial charge in [0.2, 0.25) is 11.8 Å². The Hall–Kier alpha value is -4.13. The average Bonchev–Trinajstić information content (AvgIpc) is 3.17. The first-order valence-electron chi connectivity index (χ1n) is 20.7. The van der Waals surface area contributed by atoms with E-state index < -0.39 is 29.8 Å². The summed E-state index contributed by atoms with van der Waals surface area (Å²) in [4.78, 5) is 69.7. The quantitative estimate of drug-likeness (QED) is 0.103. The van der Waals surface area contributed by atoms with Crippen LogP contribution in [0.5, 0.6) is 11.5 Å². The van der Waals surface area contributed by atoms with Crippen molar-refractivity contribution in [3.05, 3.63) is 47.5 Å². The highest BCUT2D eigenvalue weighted by molar-refractivity contribution is 5.96. The molecular formula is C44H67N5O7. The molecule has 0 saturated carbocycles. The van der Waals surface area contributed by atoms with E-state index in [1.807, 2.05) is 12.1 Å². The summed E-state index contributed by atoms with van der Waals surface area (Å²) in [5.74, 6) is -1.95. The van der Waals surface area contributed by atoms with Crippen LogP contribution < -0.4 is 32.0 Å². The maximum absolute atomic E-state index is 14.4. The summed E-state index contributed by atoms with van der Waals surface area (Å²) < 4.78 is 12.2. The van der Waals surface area contributed by atoms with Crippen molar-refractivity contribution >= 4 is 29.2 Å². The molecule has 7 N–H and O–H groups in total. The van der Waals surface area contributed by atoms with E-state index in [9.17, 15) is 24.0 Å². The molecule has 0 aromatic heterocycles. The molecule has 2 amide bonds. The van der Waals surface area contributed by atoms with Gasteiger partial charge in [-0.2, -0.15) is 0 Å². The third kappa shape index (κ3) is 14.1. The van der Waals surface area contributed by atoms with E-state index in [0.29, 0.717) is 34.6 Å². The number of nitrogens with one attached hydrogen (secondary N) is 1. The number of ketones is 3. The van der Waals surface area contributed by atoms with Gasteiger partial charge in [0.05, 0.1) is 6.04 Å². The number of likely N-dealkylation sites (N-methyl/N-ethyl adjacent to an activating group) is 1. The molecule has 4 atom stereocenters. The maximum atomic E-state index is 14.4. The molecule has 2 aromatic carbocycles. The summed E-state index contributed by atoms with van der Waals surface area (Å²) in [5.41, 5.74) is 20.1. The second-order valence-electron chi connectivity index (χ2n) is 15.3. The fourth-order valence-corrected chi connectivity index (χ4v) is 7.35. The third-order valence-corrected chi connectivity index (χ3v) is 10.5. The molecule has 56 heavy (non-hydrogen) atoms. The predicted molar refractivity (Wildman–Crippen MR) is 220 cm³/mol.